The van der Waals surface area contributed by atoms with Crippen molar-refractivity contribution >= 4 is 46.0 Å². The van der Waals surface area contributed by atoms with Crippen LogP contribution in [0.2, 0.25) is 10.0 Å². The number of carboxylic acids is 1. The molecule has 1 aromatic heterocycles. The van der Waals surface area contributed by atoms with Crippen LogP contribution in [0.1, 0.15) is 46.8 Å². The first-order valence-corrected chi connectivity index (χ1v) is 10.1. The van der Waals surface area contributed by atoms with Crippen molar-refractivity contribution in [3.63, 3.8) is 0 Å². The van der Waals surface area contributed by atoms with Crippen LogP contribution in [-0.4, -0.2) is 26.7 Å². The number of carboxylic acid groups (broad SMARTS) is 1. The van der Waals surface area contributed by atoms with Crippen molar-refractivity contribution in [2.75, 3.05) is 0 Å². The zero-order valence-corrected chi connectivity index (χ0v) is 17.2. The molecule has 1 aliphatic carbocycles. The summed E-state index contributed by atoms with van der Waals surface area (Å²) < 4.78 is 1.50. The molecule has 5 nitrogen and oxygen atoms in total. The summed E-state index contributed by atoms with van der Waals surface area (Å²) in [6, 6.07) is 9.30. The van der Waals surface area contributed by atoms with E-state index in [1.165, 1.54) is 22.8 Å². The standard InChI is InChI=1S/C22H19Cl2NO4/c1-11-19(20(22(28)29)12-3-2-4-12)15-10-14(26)6-8-18(15)25(11)21(27)13-5-7-16(23)17(24)9-13/h5-10,12,20,26H,2-4H2,1H3,(H,28,29). The fourth-order valence-electron chi connectivity index (χ4n) is 4.18. The van der Waals surface area contributed by atoms with Crippen LogP contribution in [0.25, 0.3) is 10.9 Å². The van der Waals surface area contributed by atoms with E-state index >= 15 is 0 Å². The number of nitrogens with zero attached hydrogens (tertiary/aromatic N) is 1. The van der Waals surface area contributed by atoms with E-state index in [1.807, 2.05) is 0 Å². The van der Waals surface area contributed by atoms with Crippen LogP contribution in [0.15, 0.2) is 36.4 Å². The molecule has 0 saturated heterocycles. The van der Waals surface area contributed by atoms with Gasteiger partial charge in [0.2, 0.25) is 0 Å². The second-order valence-corrected chi connectivity index (χ2v) is 8.29. The minimum Gasteiger partial charge on any atom is -0.508 e. The Morgan fingerprint density at radius 1 is 1.10 bits per heavy atom. The fraction of sp³-hybridized carbons (Fsp3) is 0.273. The highest BCUT2D eigenvalue weighted by Crippen LogP contribution is 2.44. The van der Waals surface area contributed by atoms with Gasteiger partial charge in [0.25, 0.3) is 5.91 Å². The number of rotatable bonds is 4. The summed E-state index contributed by atoms with van der Waals surface area (Å²) in [5.41, 5.74) is 2.04. The van der Waals surface area contributed by atoms with Crippen LogP contribution < -0.4 is 0 Å². The number of aliphatic carboxylic acids is 1. The Hall–Kier alpha value is -2.50. The molecule has 7 heteroatoms. The second-order valence-electron chi connectivity index (χ2n) is 7.48. The lowest BCUT2D eigenvalue weighted by Crippen LogP contribution is -2.27. The average molecular weight is 432 g/mol. The number of carbonyl (C=O) groups excluding carboxylic acids is 1. The molecule has 1 heterocycles. The Morgan fingerprint density at radius 2 is 1.83 bits per heavy atom. The van der Waals surface area contributed by atoms with E-state index in [4.69, 9.17) is 23.2 Å². The van der Waals surface area contributed by atoms with Gasteiger partial charge in [-0.25, -0.2) is 0 Å². The van der Waals surface area contributed by atoms with Crippen molar-refractivity contribution in [3.05, 3.63) is 63.3 Å². The summed E-state index contributed by atoms with van der Waals surface area (Å²) in [5, 5.41) is 21.2. The van der Waals surface area contributed by atoms with E-state index in [9.17, 15) is 19.8 Å². The Morgan fingerprint density at radius 3 is 2.41 bits per heavy atom. The summed E-state index contributed by atoms with van der Waals surface area (Å²) in [4.78, 5) is 25.5. The highest BCUT2D eigenvalue weighted by molar-refractivity contribution is 6.42. The summed E-state index contributed by atoms with van der Waals surface area (Å²) in [6.45, 7) is 1.75. The molecule has 1 atom stereocenters. The lowest BCUT2D eigenvalue weighted by Gasteiger charge is -2.31. The highest BCUT2D eigenvalue weighted by atomic mass is 35.5. The number of halogens is 2. The van der Waals surface area contributed by atoms with Gasteiger partial charge in [-0.05, 0) is 67.6 Å². The SMILES string of the molecule is Cc1c(C(C(=O)O)C2CCC2)c2cc(O)ccc2n1C(=O)c1ccc(Cl)c(Cl)c1. The highest BCUT2D eigenvalue weighted by Gasteiger charge is 2.38. The third-order valence-electron chi connectivity index (χ3n) is 5.80. The van der Waals surface area contributed by atoms with Gasteiger partial charge < -0.3 is 10.2 Å². The number of carbonyl (C=O) groups is 2. The summed E-state index contributed by atoms with van der Waals surface area (Å²) >= 11 is 12.1. The van der Waals surface area contributed by atoms with Crippen LogP contribution in [0.5, 0.6) is 5.75 Å². The maximum absolute atomic E-state index is 13.3. The van der Waals surface area contributed by atoms with Gasteiger partial charge in [-0.2, -0.15) is 0 Å². The molecular weight excluding hydrogens is 413 g/mol. The Kier molecular flexibility index (Phi) is 5.05. The molecule has 0 bridgehead atoms. The van der Waals surface area contributed by atoms with Gasteiger partial charge >= 0.3 is 5.97 Å². The Balaban J connectivity index is 1.95. The maximum atomic E-state index is 13.3. The van der Waals surface area contributed by atoms with Gasteiger partial charge in [-0.1, -0.05) is 29.6 Å². The number of aromatic hydroxyl groups is 1. The van der Waals surface area contributed by atoms with Crippen molar-refractivity contribution in [2.24, 2.45) is 5.92 Å². The number of fused-ring (bicyclic) bond motifs is 1. The number of hydrogen-bond donors (Lipinski definition) is 2. The fourth-order valence-corrected chi connectivity index (χ4v) is 4.48. The lowest BCUT2D eigenvalue weighted by molar-refractivity contribution is -0.141. The van der Waals surface area contributed by atoms with E-state index < -0.39 is 11.9 Å². The van der Waals surface area contributed by atoms with Gasteiger partial charge in [0.05, 0.1) is 21.5 Å². The first-order valence-electron chi connectivity index (χ1n) is 9.36. The molecule has 150 valence electrons. The number of benzene rings is 2. The quantitative estimate of drug-likeness (QED) is 0.561. The number of phenols is 1. The van der Waals surface area contributed by atoms with Crippen molar-refractivity contribution in [3.8, 4) is 5.75 Å². The third-order valence-corrected chi connectivity index (χ3v) is 6.54. The van der Waals surface area contributed by atoms with E-state index in [1.54, 1.807) is 25.1 Å². The molecular formula is C22H19Cl2NO4. The van der Waals surface area contributed by atoms with Crippen molar-refractivity contribution in [1.29, 1.82) is 0 Å². The molecule has 1 fully saturated rings. The first-order chi connectivity index (χ1) is 13.8. The molecule has 1 unspecified atom stereocenters. The Labute approximate surface area is 177 Å². The van der Waals surface area contributed by atoms with Gasteiger partial charge in [-0.15, -0.1) is 0 Å². The number of aromatic nitrogens is 1. The first kappa shape index (κ1) is 19.8. The van der Waals surface area contributed by atoms with Crippen molar-refractivity contribution < 1.29 is 19.8 Å². The van der Waals surface area contributed by atoms with Gasteiger partial charge in [-0.3, -0.25) is 14.2 Å². The molecule has 1 aliphatic rings. The van der Waals surface area contributed by atoms with Gasteiger partial charge in [0.1, 0.15) is 5.75 Å². The van der Waals surface area contributed by atoms with Crippen LogP contribution in [0.3, 0.4) is 0 Å². The molecule has 29 heavy (non-hydrogen) atoms. The molecule has 2 aromatic carbocycles. The maximum Gasteiger partial charge on any atom is 0.311 e. The third kappa shape index (κ3) is 3.28. The van der Waals surface area contributed by atoms with Crippen LogP contribution in [0.4, 0.5) is 0 Å². The Bertz CT molecular complexity index is 1150. The van der Waals surface area contributed by atoms with Crippen molar-refractivity contribution in [1.82, 2.24) is 4.57 Å². The molecule has 4 rings (SSSR count). The predicted octanol–water partition coefficient (Wildman–Crippen LogP) is 5.62. The number of hydrogen-bond acceptors (Lipinski definition) is 3. The van der Waals surface area contributed by atoms with Gasteiger partial charge in [0.15, 0.2) is 0 Å². The second kappa shape index (κ2) is 7.39. The monoisotopic (exact) mass is 431 g/mol. The van der Waals surface area contributed by atoms with Gasteiger partial charge in [0, 0.05) is 16.6 Å². The van der Waals surface area contributed by atoms with E-state index in [0.29, 0.717) is 32.7 Å². The molecule has 0 aliphatic heterocycles. The average Bonchev–Trinajstić information content (AvgIpc) is 2.90. The topological polar surface area (TPSA) is 79.5 Å². The van der Waals surface area contributed by atoms with Crippen LogP contribution in [-0.2, 0) is 4.79 Å². The van der Waals surface area contributed by atoms with E-state index in [0.717, 1.165) is 19.3 Å². The van der Waals surface area contributed by atoms with E-state index in [-0.39, 0.29) is 22.6 Å². The normalized spacial score (nSPS) is 15.3. The lowest BCUT2D eigenvalue weighted by atomic mass is 9.72. The number of phenolic OH excluding ortho intramolecular Hbond substituents is 1. The van der Waals surface area contributed by atoms with Crippen molar-refractivity contribution in [2.45, 2.75) is 32.1 Å². The largest absolute Gasteiger partial charge is 0.508 e. The minimum atomic E-state index is -0.915. The minimum absolute atomic E-state index is 0.0210. The zero-order valence-electron chi connectivity index (χ0n) is 15.7. The molecule has 2 N–H and O–H groups in total. The summed E-state index contributed by atoms with van der Waals surface area (Å²) in [5.74, 6) is -1.93. The summed E-state index contributed by atoms with van der Waals surface area (Å²) in [7, 11) is 0. The van der Waals surface area contributed by atoms with E-state index in [2.05, 4.69) is 0 Å². The smallest absolute Gasteiger partial charge is 0.311 e. The predicted molar refractivity (Wildman–Crippen MR) is 112 cm³/mol. The zero-order chi connectivity index (χ0) is 20.9. The van der Waals surface area contributed by atoms with Crippen LogP contribution >= 0.6 is 23.2 Å². The molecule has 1 saturated carbocycles. The summed E-state index contributed by atoms with van der Waals surface area (Å²) in [6.07, 6.45) is 2.67. The molecule has 0 spiro atoms. The molecule has 0 amide bonds. The molecule has 0 radical (unpaired) electrons. The molecule has 3 aromatic rings. The van der Waals surface area contributed by atoms with Crippen LogP contribution in [0, 0.1) is 12.8 Å².